The van der Waals surface area contributed by atoms with Crippen molar-refractivity contribution in [1.29, 1.82) is 0 Å². The number of likely N-dealkylation sites (tertiary alicyclic amines) is 1. The molecule has 0 radical (unpaired) electrons. The van der Waals surface area contributed by atoms with E-state index in [9.17, 15) is 9.59 Å². The van der Waals surface area contributed by atoms with E-state index >= 15 is 0 Å². The number of rotatable bonds is 5. The standard InChI is InChI=1S/C23H24N4O2/c28-21(27-11-1-2-12-27)13-15-3-5-16(6-4-15)19-14-20(26-23(29)17-7-8-17)25-22-18(19)9-10-24-22/h3-6,9-10,14,17H,1-2,7-8,11-13H2,(H2,24,25,26,29). The molecule has 0 spiro atoms. The van der Waals surface area contributed by atoms with Crippen molar-refractivity contribution >= 4 is 28.7 Å². The number of hydrogen-bond acceptors (Lipinski definition) is 3. The molecule has 5 rings (SSSR count). The average Bonchev–Trinajstić information content (AvgIpc) is 3.23. The van der Waals surface area contributed by atoms with E-state index in [-0.39, 0.29) is 17.7 Å². The largest absolute Gasteiger partial charge is 0.346 e. The Morgan fingerprint density at radius 2 is 1.86 bits per heavy atom. The fourth-order valence-corrected chi connectivity index (χ4v) is 3.97. The van der Waals surface area contributed by atoms with Gasteiger partial charge in [-0.1, -0.05) is 24.3 Å². The van der Waals surface area contributed by atoms with Gasteiger partial charge in [-0.15, -0.1) is 0 Å². The first-order chi connectivity index (χ1) is 14.2. The highest BCUT2D eigenvalue weighted by molar-refractivity contribution is 5.99. The van der Waals surface area contributed by atoms with E-state index < -0.39 is 0 Å². The molecule has 2 N–H and O–H groups in total. The molecule has 0 bridgehead atoms. The Labute approximate surface area is 169 Å². The average molecular weight is 388 g/mol. The number of amides is 2. The number of anilines is 1. The predicted octanol–water partition coefficient (Wildman–Crippen LogP) is 3.74. The van der Waals surface area contributed by atoms with Crippen LogP contribution in [0.4, 0.5) is 5.82 Å². The van der Waals surface area contributed by atoms with Gasteiger partial charge in [-0.3, -0.25) is 9.59 Å². The topological polar surface area (TPSA) is 78.1 Å². The van der Waals surface area contributed by atoms with E-state index in [0.29, 0.717) is 12.2 Å². The maximum Gasteiger partial charge on any atom is 0.228 e. The van der Waals surface area contributed by atoms with Gasteiger partial charge >= 0.3 is 0 Å². The van der Waals surface area contributed by atoms with E-state index in [1.807, 2.05) is 47.5 Å². The second kappa shape index (κ2) is 7.35. The molecular formula is C23H24N4O2. The van der Waals surface area contributed by atoms with E-state index in [4.69, 9.17) is 0 Å². The molecule has 2 aliphatic rings. The van der Waals surface area contributed by atoms with E-state index in [1.165, 1.54) is 0 Å². The van der Waals surface area contributed by atoms with Gasteiger partial charge in [0.25, 0.3) is 0 Å². The second-order valence-corrected chi connectivity index (χ2v) is 8.02. The molecule has 1 saturated carbocycles. The normalized spacial score (nSPS) is 16.3. The Morgan fingerprint density at radius 3 is 2.59 bits per heavy atom. The van der Waals surface area contributed by atoms with Gasteiger partial charge < -0.3 is 15.2 Å². The van der Waals surface area contributed by atoms with Crippen LogP contribution in [0.3, 0.4) is 0 Å². The van der Waals surface area contributed by atoms with E-state index in [2.05, 4.69) is 15.3 Å². The van der Waals surface area contributed by atoms with E-state index in [1.54, 1.807) is 0 Å². The summed E-state index contributed by atoms with van der Waals surface area (Å²) >= 11 is 0. The molecular weight excluding hydrogens is 364 g/mol. The number of aromatic nitrogens is 2. The van der Waals surface area contributed by atoms with Gasteiger partial charge in [-0.25, -0.2) is 4.98 Å². The molecule has 6 nitrogen and oxygen atoms in total. The molecule has 2 aromatic heterocycles. The van der Waals surface area contributed by atoms with Gasteiger partial charge in [0, 0.05) is 30.6 Å². The van der Waals surface area contributed by atoms with Crippen LogP contribution >= 0.6 is 0 Å². The molecule has 0 unspecified atom stereocenters. The lowest BCUT2D eigenvalue weighted by Gasteiger charge is -2.15. The van der Waals surface area contributed by atoms with Crippen LogP contribution in [0.15, 0.2) is 42.6 Å². The molecule has 1 aliphatic carbocycles. The molecule has 1 aromatic carbocycles. The van der Waals surface area contributed by atoms with E-state index in [0.717, 1.165) is 66.5 Å². The number of benzene rings is 1. The summed E-state index contributed by atoms with van der Waals surface area (Å²) in [4.78, 5) is 34.2. The number of fused-ring (bicyclic) bond motifs is 1. The molecule has 6 heteroatoms. The number of hydrogen-bond donors (Lipinski definition) is 2. The van der Waals surface area contributed by atoms with Gasteiger partial charge in [0.2, 0.25) is 11.8 Å². The van der Waals surface area contributed by atoms with Crippen LogP contribution in [-0.4, -0.2) is 39.8 Å². The maximum absolute atomic E-state index is 12.4. The Hall–Kier alpha value is -3.15. The van der Waals surface area contributed by atoms with Gasteiger partial charge in [0.15, 0.2) is 0 Å². The lowest BCUT2D eigenvalue weighted by Crippen LogP contribution is -2.28. The fourth-order valence-electron chi connectivity index (χ4n) is 3.97. The molecule has 3 heterocycles. The highest BCUT2D eigenvalue weighted by atomic mass is 16.2. The molecule has 1 saturated heterocycles. The minimum Gasteiger partial charge on any atom is -0.346 e. The van der Waals surface area contributed by atoms with Crippen molar-refractivity contribution in [2.24, 2.45) is 5.92 Å². The third kappa shape index (κ3) is 3.75. The highest BCUT2D eigenvalue weighted by Gasteiger charge is 2.30. The lowest BCUT2D eigenvalue weighted by molar-refractivity contribution is -0.129. The lowest BCUT2D eigenvalue weighted by atomic mass is 10.0. The second-order valence-electron chi connectivity index (χ2n) is 8.02. The predicted molar refractivity (Wildman–Crippen MR) is 112 cm³/mol. The number of nitrogens with zero attached hydrogens (tertiary/aromatic N) is 2. The van der Waals surface area contributed by atoms with Crippen LogP contribution in [0.2, 0.25) is 0 Å². The molecule has 148 valence electrons. The number of carbonyl (C=O) groups is 2. The summed E-state index contributed by atoms with van der Waals surface area (Å²) in [6, 6.07) is 12.0. The van der Waals surface area contributed by atoms with Crippen molar-refractivity contribution in [1.82, 2.24) is 14.9 Å². The van der Waals surface area contributed by atoms with Crippen LogP contribution in [0.5, 0.6) is 0 Å². The summed E-state index contributed by atoms with van der Waals surface area (Å²) in [5.41, 5.74) is 3.82. The summed E-state index contributed by atoms with van der Waals surface area (Å²) in [7, 11) is 0. The summed E-state index contributed by atoms with van der Waals surface area (Å²) in [5, 5.41) is 3.95. The van der Waals surface area contributed by atoms with Gasteiger partial charge in [0.1, 0.15) is 11.5 Å². The number of H-pyrrole nitrogens is 1. The summed E-state index contributed by atoms with van der Waals surface area (Å²) < 4.78 is 0. The Kier molecular flexibility index (Phi) is 4.54. The first kappa shape index (κ1) is 17.9. The zero-order valence-electron chi connectivity index (χ0n) is 16.3. The van der Waals surface area contributed by atoms with Crippen LogP contribution in [0.25, 0.3) is 22.2 Å². The molecule has 29 heavy (non-hydrogen) atoms. The number of pyridine rings is 1. The molecule has 2 amide bonds. The van der Waals surface area contributed by atoms with Crippen LogP contribution in [-0.2, 0) is 16.0 Å². The van der Waals surface area contributed by atoms with Crippen LogP contribution in [0.1, 0.15) is 31.2 Å². The molecule has 1 aliphatic heterocycles. The quantitative estimate of drug-likeness (QED) is 0.699. The zero-order valence-corrected chi connectivity index (χ0v) is 16.3. The summed E-state index contributed by atoms with van der Waals surface area (Å²) in [6.07, 6.45) is 6.44. The number of nitrogens with one attached hydrogen (secondary N) is 2. The van der Waals surface area contributed by atoms with Gasteiger partial charge in [-0.2, -0.15) is 0 Å². The van der Waals surface area contributed by atoms with Crippen molar-refractivity contribution < 1.29 is 9.59 Å². The zero-order chi connectivity index (χ0) is 19.8. The van der Waals surface area contributed by atoms with Gasteiger partial charge in [0.05, 0.1) is 6.42 Å². The Bertz CT molecular complexity index is 1060. The van der Waals surface area contributed by atoms with Crippen molar-refractivity contribution in [3.8, 4) is 11.1 Å². The summed E-state index contributed by atoms with van der Waals surface area (Å²) in [5.74, 6) is 0.953. The molecule has 2 fully saturated rings. The number of aromatic amines is 1. The SMILES string of the molecule is O=C(Nc1cc(-c2ccc(CC(=O)N3CCCC3)cc2)c2cc[nH]c2n1)C1CC1. The molecule has 3 aromatic rings. The van der Waals surface area contributed by atoms with Crippen LogP contribution in [0, 0.1) is 5.92 Å². The minimum absolute atomic E-state index is 0.0464. The smallest absolute Gasteiger partial charge is 0.228 e. The Balaban J connectivity index is 1.39. The van der Waals surface area contributed by atoms with Crippen molar-refractivity contribution in [2.75, 3.05) is 18.4 Å². The number of carbonyl (C=O) groups excluding carboxylic acids is 2. The maximum atomic E-state index is 12.4. The van der Waals surface area contributed by atoms with Crippen molar-refractivity contribution in [2.45, 2.75) is 32.1 Å². The first-order valence-corrected chi connectivity index (χ1v) is 10.3. The van der Waals surface area contributed by atoms with Crippen LogP contribution < -0.4 is 5.32 Å². The van der Waals surface area contributed by atoms with Crippen molar-refractivity contribution in [3.63, 3.8) is 0 Å². The van der Waals surface area contributed by atoms with Crippen molar-refractivity contribution in [3.05, 3.63) is 48.2 Å². The van der Waals surface area contributed by atoms with Gasteiger partial charge in [-0.05, 0) is 54.5 Å². The fraction of sp³-hybridized carbons (Fsp3) is 0.348. The highest BCUT2D eigenvalue weighted by Crippen LogP contribution is 2.33. The third-order valence-corrected chi connectivity index (χ3v) is 5.81. The third-order valence-electron chi connectivity index (χ3n) is 5.81. The first-order valence-electron chi connectivity index (χ1n) is 10.3. The molecule has 0 atom stereocenters. The monoisotopic (exact) mass is 388 g/mol. The summed E-state index contributed by atoms with van der Waals surface area (Å²) in [6.45, 7) is 1.77. The minimum atomic E-state index is 0.0464. The Morgan fingerprint density at radius 1 is 1.10 bits per heavy atom.